The molecule has 0 saturated heterocycles. The lowest BCUT2D eigenvalue weighted by Crippen LogP contribution is -2.06. The summed E-state index contributed by atoms with van der Waals surface area (Å²) in [7, 11) is 0. The number of nitrogens with one attached hydrogen (secondary N) is 1. The lowest BCUT2D eigenvalue weighted by Gasteiger charge is -2.16. The van der Waals surface area contributed by atoms with Gasteiger partial charge in [-0.25, -0.2) is 0 Å². The summed E-state index contributed by atoms with van der Waals surface area (Å²) in [6.45, 7) is 4.29. The van der Waals surface area contributed by atoms with Gasteiger partial charge in [-0.2, -0.15) is 0 Å². The molecule has 1 nitrogen and oxygen atoms in total. The molecular weight excluding hydrogens is 362 g/mol. The topological polar surface area (TPSA) is 12.0 Å². The van der Waals surface area contributed by atoms with Crippen molar-refractivity contribution in [2.24, 2.45) is 0 Å². The quantitative estimate of drug-likeness (QED) is 0.720. The van der Waals surface area contributed by atoms with E-state index in [1.165, 1.54) is 19.9 Å². The van der Waals surface area contributed by atoms with Gasteiger partial charge >= 0.3 is 0 Å². The van der Waals surface area contributed by atoms with Gasteiger partial charge in [-0.15, -0.1) is 11.3 Å². The summed E-state index contributed by atoms with van der Waals surface area (Å²) in [4.78, 5) is 1.33. The molecule has 4 heteroatoms. The molecule has 1 unspecified atom stereocenters. The van der Waals surface area contributed by atoms with Gasteiger partial charge in [0.25, 0.3) is 0 Å². The van der Waals surface area contributed by atoms with Crippen LogP contribution in [0.1, 0.15) is 23.4 Å². The molecule has 17 heavy (non-hydrogen) atoms. The van der Waals surface area contributed by atoms with Gasteiger partial charge in [0, 0.05) is 15.0 Å². The Hall–Kier alpha value is -0.320. The molecule has 1 atom stereocenters. The minimum absolute atomic E-state index is 0.319. The molecule has 0 aliphatic heterocycles. The van der Waals surface area contributed by atoms with E-state index in [0.29, 0.717) is 6.04 Å². The van der Waals surface area contributed by atoms with Crippen LogP contribution in [0, 0.1) is 6.92 Å². The van der Waals surface area contributed by atoms with Gasteiger partial charge in [0.15, 0.2) is 0 Å². The molecule has 2 rings (SSSR count). The summed E-state index contributed by atoms with van der Waals surface area (Å²) in [6.07, 6.45) is 0. The van der Waals surface area contributed by atoms with Crippen LogP contribution in [0.4, 0.5) is 5.69 Å². The molecule has 1 aromatic heterocycles. The molecule has 0 aliphatic rings. The van der Waals surface area contributed by atoms with Gasteiger partial charge in [-0.3, -0.25) is 0 Å². The summed E-state index contributed by atoms with van der Waals surface area (Å²) < 4.78 is 2.31. The Morgan fingerprint density at radius 3 is 2.59 bits per heavy atom. The Bertz CT molecular complexity index is 522. The van der Waals surface area contributed by atoms with Gasteiger partial charge in [-0.05, 0) is 59.6 Å². The number of benzene rings is 1. The third-order valence-corrected chi connectivity index (χ3v) is 5.33. The minimum atomic E-state index is 0.319. The zero-order chi connectivity index (χ0) is 12.4. The third-order valence-electron chi connectivity index (χ3n) is 2.66. The predicted molar refractivity (Wildman–Crippen MR) is 82.9 cm³/mol. The average molecular weight is 375 g/mol. The van der Waals surface area contributed by atoms with Crippen LogP contribution in [0.25, 0.3) is 0 Å². The van der Waals surface area contributed by atoms with Crippen molar-refractivity contribution in [2.45, 2.75) is 19.9 Å². The fourth-order valence-electron chi connectivity index (χ4n) is 1.63. The van der Waals surface area contributed by atoms with Gasteiger partial charge in [0.2, 0.25) is 0 Å². The van der Waals surface area contributed by atoms with E-state index in [2.05, 4.69) is 81.4 Å². The second-order valence-electron chi connectivity index (χ2n) is 3.92. The smallest absolute Gasteiger partial charge is 0.0702 e. The number of hydrogen-bond acceptors (Lipinski definition) is 2. The summed E-state index contributed by atoms with van der Waals surface area (Å²) in [5.41, 5.74) is 2.42. The van der Waals surface area contributed by atoms with Crippen molar-refractivity contribution in [2.75, 3.05) is 5.32 Å². The van der Waals surface area contributed by atoms with E-state index in [0.717, 1.165) is 4.47 Å². The van der Waals surface area contributed by atoms with Crippen LogP contribution in [-0.4, -0.2) is 0 Å². The average Bonchev–Trinajstić information content (AvgIpc) is 2.72. The van der Waals surface area contributed by atoms with Crippen molar-refractivity contribution in [1.82, 2.24) is 0 Å². The second kappa shape index (κ2) is 5.55. The third kappa shape index (κ3) is 3.12. The van der Waals surface area contributed by atoms with Crippen LogP contribution in [0.15, 0.2) is 38.6 Å². The van der Waals surface area contributed by atoms with E-state index >= 15 is 0 Å². The first-order valence-electron chi connectivity index (χ1n) is 5.35. The molecule has 0 radical (unpaired) electrons. The highest BCUT2D eigenvalue weighted by molar-refractivity contribution is 9.11. The molecule has 1 heterocycles. The SMILES string of the molecule is Cc1c(Br)cccc1NC(C)c1ccc(Br)s1. The van der Waals surface area contributed by atoms with Crippen molar-refractivity contribution >= 4 is 48.9 Å². The van der Waals surface area contributed by atoms with Crippen LogP contribution in [0.5, 0.6) is 0 Å². The van der Waals surface area contributed by atoms with Gasteiger partial charge in [0.1, 0.15) is 0 Å². The summed E-state index contributed by atoms with van der Waals surface area (Å²) in [5, 5.41) is 3.54. The Morgan fingerprint density at radius 2 is 1.94 bits per heavy atom. The molecule has 0 amide bonds. The highest BCUT2D eigenvalue weighted by Gasteiger charge is 2.09. The second-order valence-corrected chi connectivity index (χ2v) is 7.27. The van der Waals surface area contributed by atoms with Crippen LogP contribution < -0.4 is 5.32 Å². The molecule has 2 aromatic rings. The molecule has 0 saturated carbocycles. The predicted octanol–water partition coefficient (Wildman–Crippen LogP) is 5.75. The van der Waals surface area contributed by atoms with Gasteiger partial charge in [0.05, 0.1) is 9.83 Å². The molecule has 0 aliphatic carbocycles. The maximum Gasteiger partial charge on any atom is 0.0702 e. The standard InChI is InChI=1S/C13H13Br2NS/c1-8-10(14)4-3-5-11(8)16-9(2)12-6-7-13(15)17-12/h3-7,9,16H,1-2H3. The normalized spacial score (nSPS) is 12.5. The first-order chi connectivity index (χ1) is 8.08. The van der Waals surface area contributed by atoms with E-state index in [4.69, 9.17) is 0 Å². The molecular formula is C13H13Br2NS. The van der Waals surface area contributed by atoms with Gasteiger partial charge in [-0.1, -0.05) is 22.0 Å². The summed E-state index contributed by atoms with van der Waals surface area (Å²) >= 11 is 8.81. The van der Waals surface area contributed by atoms with Crippen LogP contribution in [-0.2, 0) is 0 Å². The van der Waals surface area contributed by atoms with E-state index in [9.17, 15) is 0 Å². The van der Waals surface area contributed by atoms with E-state index < -0.39 is 0 Å². The number of thiophene rings is 1. The number of anilines is 1. The Balaban J connectivity index is 2.18. The van der Waals surface area contributed by atoms with Crippen molar-refractivity contribution < 1.29 is 0 Å². The highest BCUT2D eigenvalue weighted by atomic mass is 79.9. The Kier molecular flexibility index (Phi) is 4.28. The van der Waals surface area contributed by atoms with Crippen LogP contribution in [0.2, 0.25) is 0 Å². The van der Waals surface area contributed by atoms with Crippen molar-refractivity contribution in [3.8, 4) is 0 Å². The van der Waals surface area contributed by atoms with Crippen LogP contribution in [0.3, 0.4) is 0 Å². The highest BCUT2D eigenvalue weighted by Crippen LogP contribution is 2.31. The largest absolute Gasteiger partial charge is 0.377 e. The number of halogens is 2. The fraction of sp³-hybridized carbons (Fsp3) is 0.231. The summed E-state index contributed by atoms with van der Waals surface area (Å²) in [5.74, 6) is 0. The summed E-state index contributed by atoms with van der Waals surface area (Å²) in [6, 6.07) is 10.8. The number of rotatable bonds is 3. The zero-order valence-electron chi connectivity index (χ0n) is 9.63. The van der Waals surface area contributed by atoms with Gasteiger partial charge < -0.3 is 5.32 Å². The maximum absolute atomic E-state index is 3.55. The molecule has 1 N–H and O–H groups in total. The Labute approximate surface area is 123 Å². The lowest BCUT2D eigenvalue weighted by molar-refractivity contribution is 0.905. The molecule has 0 spiro atoms. The van der Waals surface area contributed by atoms with Crippen molar-refractivity contribution in [3.63, 3.8) is 0 Å². The monoisotopic (exact) mass is 373 g/mol. The maximum atomic E-state index is 3.55. The molecule has 0 fully saturated rings. The molecule has 1 aromatic carbocycles. The van der Waals surface area contributed by atoms with Crippen LogP contribution >= 0.6 is 43.2 Å². The zero-order valence-corrected chi connectivity index (χ0v) is 13.6. The fourth-order valence-corrected chi connectivity index (χ4v) is 3.42. The Morgan fingerprint density at radius 1 is 1.18 bits per heavy atom. The first-order valence-corrected chi connectivity index (χ1v) is 7.75. The lowest BCUT2D eigenvalue weighted by atomic mass is 10.1. The minimum Gasteiger partial charge on any atom is -0.377 e. The molecule has 90 valence electrons. The van der Waals surface area contributed by atoms with E-state index in [1.54, 1.807) is 11.3 Å². The van der Waals surface area contributed by atoms with Crippen molar-refractivity contribution in [3.05, 3.63) is 49.0 Å². The first kappa shape index (κ1) is 13.1. The number of hydrogen-bond donors (Lipinski definition) is 1. The van der Waals surface area contributed by atoms with E-state index in [1.807, 2.05) is 0 Å². The van der Waals surface area contributed by atoms with Crippen molar-refractivity contribution in [1.29, 1.82) is 0 Å². The van der Waals surface area contributed by atoms with E-state index in [-0.39, 0.29) is 0 Å². The molecule has 0 bridgehead atoms.